The van der Waals surface area contributed by atoms with E-state index in [1.54, 1.807) is 0 Å². The highest BCUT2D eigenvalue weighted by Gasteiger charge is 2.20. The van der Waals surface area contributed by atoms with E-state index in [1.807, 2.05) is 0 Å². The van der Waals surface area contributed by atoms with Gasteiger partial charge in [-0.25, -0.2) is 0 Å². The molecule has 1 aromatic carbocycles. The molecule has 1 saturated heterocycles. The van der Waals surface area contributed by atoms with Gasteiger partial charge in [0.25, 0.3) is 0 Å². The first-order chi connectivity index (χ1) is 8.27. The zero-order valence-electron chi connectivity index (χ0n) is 10.9. The molecule has 17 heavy (non-hydrogen) atoms. The van der Waals surface area contributed by atoms with E-state index in [0.29, 0.717) is 18.0 Å². The van der Waals surface area contributed by atoms with Crippen molar-refractivity contribution in [2.75, 3.05) is 13.1 Å². The minimum atomic E-state index is 0.485. The molecule has 94 valence electrons. The summed E-state index contributed by atoms with van der Waals surface area (Å²) in [5, 5.41) is 7.25. The van der Waals surface area contributed by atoms with E-state index >= 15 is 0 Å². The van der Waals surface area contributed by atoms with Gasteiger partial charge in [0.15, 0.2) is 0 Å². The van der Waals surface area contributed by atoms with Crippen molar-refractivity contribution in [2.24, 2.45) is 5.92 Å². The molecule has 0 bridgehead atoms. The molecule has 1 aliphatic heterocycles. The number of piperidine rings is 1. The lowest BCUT2D eigenvalue weighted by Crippen LogP contribution is -2.42. The van der Waals surface area contributed by atoms with Gasteiger partial charge in [0.05, 0.1) is 0 Å². The average molecular weight is 232 g/mol. The molecule has 2 rings (SSSR count). The number of rotatable bonds is 4. The molecule has 2 N–H and O–H groups in total. The van der Waals surface area contributed by atoms with Gasteiger partial charge in [0.2, 0.25) is 0 Å². The second-order valence-electron chi connectivity index (χ2n) is 5.32. The number of benzene rings is 1. The summed E-state index contributed by atoms with van der Waals surface area (Å²) in [6.45, 7) is 6.89. The van der Waals surface area contributed by atoms with Crippen LogP contribution in [0.4, 0.5) is 0 Å². The lowest BCUT2D eigenvalue weighted by molar-refractivity contribution is 0.309. The lowest BCUT2D eigenvalue weighted by atomic mass is 9.94. The molecular formula is C15H24N2. The van der Waals surface area contributed by atoms with Crippen LogP contribution < -0.4 is 10.6 Å². The molecule has 2 heteroatoms. The van der Waals surface area contributed by atoms with Crippen LogP contribution in [0.5, 0.6) is 0 Å². The molecule has 1 aromatic rings. The van der Waals surface area contributed by atoms with Crippen LogP contribution in [0.3, 0.4) is 0 Å². The van der Waals surface area contributed by atoms with Crippen LogP contribution in [0.25, 0.3) is 0 Å². The standard InChI is InChI=1S/C15H24N2/c1-12(2)15(13-6-4-3-5-7-13)17-14-8-10-16-11-9-14/h3-7,12,14-17H,8-11H2,1-2H3. The van der Waals surface area contributed by atoms with Crippen LogP contribution in [0.1, 0.15) is 38.3 Å². The largest absolute Gasteiger partial charge is 0.317 e. The third-order valence-corrected chi connectivity index (χ3v) is 3.58. The third-order valence-electron chi connectivity index (χ3n) is 3.58. The molecule has 2 nitrogen and oxygen atoms in total. The molecular weight excluding hydrogens is 208 g/mol. The van der Waals surface area contributed by atoms with Crippen molar-refractivity contribution in [3.8, 4) is 0 Å². The van der Waals surface area contributed by atoms with Crippen LogP contribution >= 0.6 is 0 Å². The van der Waals surface area contributed by atoms with Crippen LogP contribution in [0.2, 0.25) is 0 Å². The zero-order valence-corrected chi connectivity index (χ0v) is 10.9. The van der Waals surface area contributed by atoms with E-state index in [1.165, 1.54) is 18.4 Å². The second-order valence-corrected chi connectivity index (χ2v) is 5.32. The molecule has 1 atom stereocenters. The molecule has 0 aliphatic carbocycles. The lowest BCUT2D eigenvalue weighted by Gasteiger charge is -2.31. The summed E-state index contributed by atoms with van der Waals surface area (Å²) in [4.78, 5) is 0. The number of nitrogens with one attached hydrogen (secondary N) is 2. The maximum Gasteiger partial charge on any atom is 0.0345 e. The first kappa shape index (κ1) is 12.6. The van der Waals surface area contributed by atoms with Gasteiger partial charge in [-0.15, -0.1) is 0 Å². The minimum absolute atomic E-state index is 0.485. The van der Waals surface area contributed by atoms with Crippen molar-refractivity contribution in [3.63, 3.8) is 0 Å². The Morgan fingerprint density at radius 3 is 2.35 bits per heavy atom. The Morgan fingerprint density at radius 2 is 1.76 bits per heavy atom. The molecule has 0 radical (unpaired) electrons. The zero-order chi connectivity index (χ0) is 12.1. The normalized spacial score (nSPS) is 19.5. The summed E-state index contributed by atoms with van der Waals surface area (Å²) in [6.07, 6.45) is 2.49. The van der Waals surface area contributed by atoms with E-state index in [0.717, 1.165) is 13.1 Å². The van der Waals surface area contributed by atoms with Gasteiger partial charge in [0.1, 0.15) is 0 Å². The van der Waals surface area contributed by atoms with Crippen molar-refractivity contribution in [2.45, 2.75) is 38.8 Å². The summed E-state index contributed by atoms with van der Waals surface area (Å²) in [6, 6.07) is 12.0. The summed E-state index contributed by atoms with van der Waals surface area (Å²) in [5.74, 6) is 0.632. The Bertz CT molecular complexity index is 315. The summed E-state index contributed by atoms with van der Waals surface area (Å²) >= 11 is 0. The third kappa shape index (κ3) is 3.55. The van der Waals surface area contributed by atoms with E-state index in [2.05, 4.69) is 54.8 Å². The predicted octanol–water partition coefficient (Wildman–Crippen LogP) is 2.73. The fraction of sp³-hybridized carbons (Fsp3) is 0.600. The highest BCUT2D eigenvalue weighted by atomic mass is 15.0. The van der Waals surface area contributed by atoms with Gasteiger partial charge in [-0.05, 0) is 37.4 Å². The second kappa shape index (κ2) is 6.18. The quantitative estimate of drug-likeness (QED) is 0.834. The van der Waals surface area contributed by atoms with Crippen molar-refractivity contribution in [1.29, 1.82) is 0 Å². The van der Waals surface area contributed by atoms with Crippen LogP contribution in [0, 0.1) is 5.92 Å². The first-order valence-electron chi connectivity index (χ1n) is 6.79. The Hall–Kier alpha value is -0.860. The Balaban J connectivity index is 2.02. The van der Waals surface area contributed by atoms with E-state index in [4.69, 9.17) is 0 Å². The molecule has 1 unspecified atom stereocenters. The average Bonchev–Trinajstić information content (AvgIpc) is 2.38. The Labute approximate surface area is 105 Å². The van der Waals surface area contributed by atoms with Gasteiger partial charge in [0, 0.05) is 12.1 Å². The maximum atomic E-state index is 3.83. The van der Waals surface area contributed by atoms with E-state index < -0.39 is 0 Å². The molecule has 1 heterocycles. The molecule has 1 aliphatic rings. The maximum absolute atomic E-state index is 3.83. The predicted molar refractivity (Wildman–Crippen MR) is 73.0 cm³/mol. The van der Waals surface area contributed by atoms with Gasteiger partial charge < -0.3 is 10.6 Å². The molecule has 1 fully saturated rings. The highest BCUT2D eigenvalue weighted by molar-refractivity contribution is 5.19. The van der Waals surface area contributed by atoms with Crippen molar-refractivity contribution < 1.29 is 0 Å². The fourth-order valence-corrected chi connectivity index (χ4v) is 2.58. The van der Waals surface area contributed by atoms with Gasteiger partial charge in [-0.2, -0.15) is 0 Å². The van der Waals surface area contributed by atoms with Crippen molar-refractivity contribution >= 4 is 0 Å². The monoisotopic (exact) mass is 232 g/mol. The molecule has 0 amide bonds. The smallest absolute Gasteiger partial charge is 0.0345 e. The molecule has 0 saturated carbocycles. The van der Waals surface area contributed by atoms with Gasteiger partial charge in [-0.3, -0.25) is 0 Å². The van der Waals surface area contributed by atoms with Gasteiger partial charge in [-0.1, -0.05) is 44.2 Å². The van der Waals surface area contributed by atoms with Crippen molar-refractivity contribution in [3.05, 3.63) is 35.9 Å². The fourth-order valence-electron chi connectivity index (χ4n) is 2.58. The van der Waals surface area contributed by atoms with Crippen LogP contribution in [-0.2, 0) is 0 Å². The Kier molecular flexibility index (Phi) is 4.57. The van der Waals surface area contributed by atoms with Crippen LogP contribution in [-0.4, -0.2) is 19.1 Å². The Morgan fingerprint density at radius 1 is 1.12 bits per heavy atom. The minimum Gasteiger partial charge on any atom is -0.317 e. The van der Waals surface area contributed by atoms with E-state index in [9.17, 15) is 0 Å². The molecule has 0 spiro atoms. The SMILES string of the molecule is CC(C)C(NC1CCNCC1)c1ccccc1. The summed E-state index contributed by atoms with van der Waals surface area (Å²) in [7, 11) is 0. The summed E-state index contributed by atoms with van der Waals surface area (Å²) < 4.78 is 0. The first-order valence-corrected chi connectivity index (χ1v) is 6.79. The van der Waals surface area contributed by atoms with Crippen LogP contribution in [0.15, 0.2) is 30.3 Å². The highest BCUT2D eigenvalue weighted by Crippen LogP contribution is 2.23. The van der Waals surface area contributed by atoms with E-state index in [-0.39, 0.29) is 0 Å². The topological polar surface area (TPSA) is 24.1 Å². The van der Waals surface area contributed by atoms with Gasteiger partial charge >= 0.3 is 0 Å². The molecule has 0 aromatic heterocycles. The summed E-state index contributed by atoms with van der Waals surface area (Å²) in [5.41, 5.74) is 1.42. The van der Waals surface area contributed by atoms with Crippen molar-refractivity contribution in [1.82, 2.24) is 10.6 Å². The number of hydrogen-bond donors (Lipinski definition) is 2. The number of hydrogen-bond acceptors (Lipinski definition) is 2.